The first-order valence-electron chi connectivity index (χ1n) is 23.1. The van der Waals surface area contributed by atoms with Gasteiger partial charge in [0.25, 0.3) is 0 Å². The summed E-state index contributed by atoms with van der Waals surface area (Å²) in [7, 11) is 6.63. The second-order valence-electron chi connectivity index (χ2n) is 19.8. The van der Waals surface area contributed by atoms with Gasteiger partial charge in [-0.05, 0) is 68.6 Å². The number of fused-ring (bicyclic) bond motifs is 6. The Morgan fingerprint density at radius 3 is 1.83 bits per heavy atom. The molecule has 5 heterocycles. The molecule has 1 N–H and O–H groups in total. The topological polar surface area (TPSA) is 259 Å². The molecule has 1 unspecified atom stereocenters. The van der Waals surface area contributed by atoms with Crippen LogP contribution in [0.4, 0.5) is 0 Å². The van der Waals surface area contributed by atoms with E-state index in [-0.39, 0.29) is 92.5 Å². The molecule has 18 nitrogen and oxygen atoms in total. The number of hydrogen-bond donors (Lipinski definition) is 1. The van der Waals surface area contributed by atoms with Crippen LogP contribution in [0, 0.1) is 75.4 Å². The van der Waals surface area contributed by atoms with Crippen molar-refractivity contribution in [3.8, 4) is 12.3 Å². The molecule has 5 aliphatic rings. The summed E-state index contributed by atoms with van der Waals surface area (Å²) < 4.78 is 26.2. The maximum Gasteiger partial charge on any atom is 3.00 e. The standard InChI is InChI=1S/C50H69N5O11.2CN.Co/c1-15-22-51-35(56)26-47(6)25-30-23-34-46(4,5)31(16-18-36(57)62-10)41(53-34)28(2)44-48(7,21-20-38(59)64-12)33(24-39(60)65-13)45(54-44)50(9)49(8,27-40(61)66-14)32(17-19-37(58)63-11)42(55-50)29(3)43(47)52-30;2*1-2;/h1,23,31-33,45H,16-22,24-27H2,2-14H3,(H2,51,52,53,54,55,56);;;/q;2*-1;+3/p-1/t31-,32-,33+,45?,47-,48-,49+,50+;;;/m1.../s1. The molecule has 71 heavy (non-hydrogen) atoms. The van der Waals surface area contributed by atoms with Crippen molar-refractivity contribution >= 4 is 52.9 Å². The third-order valence-electron chi connectivity index (χ3n) is 15.6. The van der Waals surface area contributed by atoms with Crippen LogP contribution >= 0.6 is 0 Å². The van der Waals surface area contributed by atoms with E-state index in [2.05, 4.69) is 25.1 Å². The van der Waals surface area contributed by atoms with Gasteiger partial charge >= 0.3 is 46.6 Å². The molecule has 0 radical (unpaired) electrons. The number of terminal acetylenes is 1. The second-order valence-corrected chi connectivity index (χ2v) is 19.8. The number of nitrogens with zero attached hydrogens (tertiary/aromatic N) is 6. The Balaban J connectivity index is 0.00000337. The summed E-state index contributed by atoms with van der Waals surface area (Å²) in [4.78, 5) is 96.6. The molecular weight excluding hydrogens is 958 g/mol. The first kappa shape index (κ1) is 61.0. The summed E-state index contributed by atoms with van der Waals surface area (Å²) in [6, 6.07) is -0.845. The Labute approximate surface area is 429 Å². The van der Waals surface area contributed by atoms with Crippen LogP contribution < -0.4 is 5.32 Å². The van der Waals surface area contributed by atoms with Gasteiger partial charge in [-0.25, -0.2) is 0 Å². The van der Waals surface area contributed by atoms with E-state index in [1.807, 2.05) is 47.6 Å². The molecule has 1 fully saturated rings. The van der Waals surface area contributed by atoms with Crippen LogP contribution in [0.15, 0.2) is 49.3 Å². The van der Waals surface area contributed by atoms with E-state index in [1.165, 1.54) is 35.5 Å². The van der Waals surface area contributed by atoms with Crippen LogP contribution in [-0.4, -0.2) is 107 Å². The zero-order chi connectivity index (χ0) is 53.2. The Morgan fingerprint density at radius 2 is 1.30 bits per heavy atom. The smallest absolute Gasteiger partial charge is 0.682 e. The number of hydrogen-bond acceptors (Lipinski definition) is 16. The summed E-state index contributed by atoms with van der Waals surface area (Å²) in [5.41, 5.74) is 0.189. The Bertz CT molecular complexity index is 2370. The number of nitrogens with one attached hydrogen (secondary N) is 1. The number of carbonyl (C=O) groups is 6. The summed E-state index contributed by atoms with van der Waals surface area (Å²) in [6.45, 7) is 25.4. The normalized spacial score (nSPS) is 31.3. The van der Waals surface area contributed by atoms with E-state index in [4.69, 9.17) is 74.1 Å². The molecule has 0 aromatic heterocycles. The van der Waals surface area contributed by atoms with Gasteiger partial charge in [-0.1, -0.05) is 46.6 Å². The fraction of sp³-hybridized carbons (Fsp3) is 0.635. The quantitative estimate of drug-likeness (QED) is 0.0714. The summed E-state index contributed by atoms with van der Waals surface area (Å²) >= 11 is 0. The van der Waals surface area contributed by atoms with Gasteiger partial charge in [-0.2, -0.15) is 5.70 Å². The molecular formula is C52H68CoN7O11. The molecule has 0 aromatic carbocycles. The number of allylic oxidation sites excluding steroid dienone is 6. The van der Waals surface area contributed by atoms with E-state index in [1.54, 1.807) is 0 Å². The average molecular weight is 1030 g/mol. The van der Waals surface area contributed by atoms with Gasteiger partial charge in [0.1, 0.15) is 0 Å². The van der Waals surface area contributed by atoms with Crippen LogP contribution in [-0.2, 0) is 69.2 Å². The molecule has 0 spiro atoms. The zero-order valence-corrected chi connectivity index (χ0v) is 44.3. The van der Waals surface area contributed by atoms with Crippen molar-refractivity contribution in [2.45, 2.75) is 131 Å². The predicted octanol–water partition coefficient (Wildman–Crippen LogP) is 6.91. The molecule has 19 heteroatoms. The van der Waals surface area contributed by atoms with Crippen molar-refractivity contribution in [1.29, 1.82) is 10.5 Å². The van der Waals surface area contributed by atoms with Gasteiger partial charge in [-0.15, -0.1) is 6.42 Å². The molecule has 1 saturated heterocycles. The van der Waals surface area contributed by atoms with E-state index in [0.29, 0.717) is 58.2 Å². The van der Waals surface area contributed by atoms with Crippen molar-refractivity contribution < 1.29 is 69.2 Å². The van der Waals surface area contributed by atoms with Gasteiger partial charge < -0.3 is 58.0 Å². The van der Waals surface area contributed by atoms with E-state index in [0.717, 1.165) is 0 Å². The SMILES string of the molecule is C#CCNC(=O)C[C@@]1(C)CC2=NC/1=C(/C)C1=N[C@@](C)(C3[N-]/C(=C(/C)C4=N/C(=C\2)C(C)(C)[C@@H]4CCC(=O)OC)[C@](C)(CCC(=O)OC)[C@H]3CC(=O)OC)[C@@](C)(CC(=O)OC)[C@@H]1CCC(=O)OC.[C-]#N.[C-]#N.[Co+3]. The minimum absolute atomic E-state index is 0. The third-order valence-corrected chi connectivity index (χ3v) is 15.6. The number of amides is 1. The Kier molecular flexibility index (Phi) is 21.3. The van der Waals surface area contributed by atoms with Gasteiger partial charge in [-0.3, -0.25) is 43.7 Å². The maximum atomic E-state index is 13.8. The Morgan fingerprint density at radius 1 is 0.761 bits per heavy atom. The molecule has 5 aliphatic heterocycles. The van der Waals surface area contributed by atoms with Gasteiger partial charge in [0, 0.05) is 89.4 Å². The number of aliphatic imine (C=N–C) groups is 3. The van der Waals surface area contributed by atoms with Crippen LogP contribution in [0.3, 0.4) is 0 Å². The maximum absolute atomic E-state index is 13.8. The average Bonchev–Trinajstić information content (AvgIpc) is 3.98. The molecule has 8 bridgehead atoms. The molecule has 386 valence electrons. The molecule has 5 rings (SSSR count). The van der Waals surface area contributed by atoms with Crippen LogP contribution in [0.2, 0.25) is 0 Å². The minimum atomic E-state index is -1.32. The molecule has 0 saturated carbocycles. The zero-order valence-electron chi connectivity index (χ0n) is 43.2. The molecule has 1 amide bonds. The van der Waals surface area contributed by atoms with Gasteiger partial charge in [0.2, 0.25) is 5.91 Å². The number of ether oxygens (including phenoxy) is 5. The van der Waals surface area contributed by atoms with E-state index >= 15 is 0 Å². The largest absolute Gasteiger partial charge is 3.00 e. The first-order valence-corrected chi connectivity index (χ1v) is 23.1. The summed E-state index contributed by atoms with van der Waals surface area (Å²) in [5.74, 6) is -1.71. The minimum Gasteiger partial charge on any atom is -0.682 e. The van der Waals surface area contributed by atoms with Crippen LogP contribution in [0.1, 0.15) is 120 Å². The fourth-order valence-corrected chi connectivity index (χ4v) is 11.5. The fourth-order valence-electron chi connectivity index (χ4n) is 11.5. The summed E-state index contributed by atoms with van der Waals surface area (Å²) in [5, 5.41) is 21.0. The number of methoxy groups -OCH3 is 5. The van der Waals surface area contributed by atoms with Gasteiger partial charge in [0.05, 0.1) is 59.8 Å². The first-order chi connectivity index (χ1) is 32.9. The van der Waals surface area contributed by atoms with Crippen molar-refractivity contribution in [3.63, 3.8) is 0 Å². The number of esters is 5. The van der Waals surface area contributed by atoms with Crippen LogP contribution in [0.5, 0.6) is 0 Å². The predicted molar refractivity (Wildman–Crippen MR) is 258 cm³/mol. The number of carbonyl (C=O) groups excluding carboxylic acids is 6. The Hall–Kier alpha value is -6.10. The molecule has 8 atom stereocenters. The second kappa shape index (κ2) is 24.8. The molecule has 0 aliphatic carbocycles. The van der Waals surface area contributed by atoms with E-state index in [9.17, 15) is 28.8 Å². The molecule has 0 aromatic rings. The van der Waals surface area contributed by atoms with Crippen LogP contribution in [0.25, 0.3) is 5.32 Å². The van der Waals surface area contributed by atoms with E-state index < -0.39 is 69.0 Å². The van der Waals surface area contributed by atoms with Crippen molar-refractivity contribution in [3.05, 3.63) is 52.8 Å². The third kappa shape index (κ3) is 12.0. The monoisotopic (exact) mass is 1030 g/mol. The van der Waals surface area contributed by atoms with Crippen molar-refractivity contribution in [1.82, 2.24) is 5.32 Å². The number of rotatable bonds is 16. The van der Waals surface area contributed by atoms with Crippen molar-refractivity contribution in [2.24, 2.45) is 54.4 Å². The van der Waals surface area contributed by atoms with Crippen molar-refractivity contribution in [2.75, 3.05) is 42.1 Å². The summed E-state index contributed by atoms with van der Waals surface area (Å²) in [6.07, 6.45) is 8.47. The van der Waals surface area contributed by atoms with Gasteiger partial charge in [0.15, 0.2) is 0 Å².